The first-order valence-corrected chi connectivity index (χ1v) is 8.21. The minimum atomic E-state index is -4.72. The third-order valence-electron chi connectivity index (χ3n) is 4.34. The van der Waals surface area contributed by atoms with E-state index in [2.05, 4.69) is 10.1 Å². The largest absolute Gasteiger partial charge is 0.573 e. The topological polar surface area (TPSA) is 64.3 Å². The molecule has 2 rings (SSSR count). The van der Waals surface area contributed by atoms with Gasteiger partial charge < -0.3 is 15.8 Å². The maximum Gasteiger partial charge on any atom is 0.573 e. The van der Waals surface area contributed by atoms with Gasteiger partial charge in [-0.05, 0) is 36.5 Å². The van der Waals surface area contributed by atoms with Gasteiger partial charge in [0.15, 0.2) is 0 Å². The number of nitrogens with one attached hydrogen (secondary N) is 1. The monoisotopic (exact) mass is 344 g/mol. The van der Waals surface area contributed by atoms with Crippen molar-refractivity contribution in [3.8, 4) is 5.75 Å². The number of carbonyl (C=O) groups excluding carboxylic acids is 1. The van der Waals surface area contributed by atoms with E-state index in [-0.39, 0.29) is 24.1 Å². The molecule has 1 atom stereocenters. The summed E-state index contributed by atoms with van der Waals surface area (Å²) in [6.07, 6.45) is 1.10. The molecule has 24 heavy (non-hydrogen) atoms. The van der Waals surface area contributed by atoms with Gasteiger partial charge in [0.1, 0.15) is 5.75 Å². The summed E-state index contributed by atoms with van der Waals surface area (Å²) < 4.78 is 40.1. The number of ether oxygens (including phenoxy) is 1. The van der Waals surface area contributed by atoms with Gasteiger partial charge >= 0.3 is 6.36 Å². The lowest BCUT2D eigenvalue weighted by molar-refractivity contribution is -0.274. The summed E-state index contributed by atoms with van der Waals surface area (Å²) in [5.41, 5.74) is 6.41. The van der Waals surface area contributed by atoms with E-state index in [0.29, 0.717) is 18.0 Å². The number of hydrogen-bond donors (Lipinski definition) is 2. The molecular formula is C17H23F3N2O2. The molecule has 0 aliphatic heterocycles. The molecule has 0 radical (unpaired) electrons. The van der Waals surface area contributed by atoms with Crippen LogP contribution in [0.4, 0.5) is 13.2 Å². The normalized spacial score (nSPS) is 17.3. The smallest absolute Gasteiger partial charge is 0.406 e. The summed E-state index contributed by atoms with van der Waals surface area (Å²) in [4.78, 5) is 12.2. The molecule has 1 unspecified atom stereocenters. The van der Waals surface area contributed by atoms with Gasteiger partial charge in [-0.1, -0.05) is 31.4 Å². The van der Waals surface area contributed by atoms with E-state index in [0.717, 1.165) is 25.7 Å². The highest BCUT2D eigenvalue weighted by atomic mass is 19.4. The molecule has 1 aliphatic rings. The van der Waals surface area contributed by atoms with Crippen LogP contribution in [0.15, 0.2) is 24.3 Å². The highest BCUT2D eigenvalue weighted by Crippen LogP contribution is 2.26. The van der Waals surface area contributed by atoms with Gasteiger partial charge in [0.25, 0.3) is 0 Å². The van der Waals surface area contributed by atoms with Crippen LogP contribution < -0.4 is 15.8 Å². The molecule has 7 heteroatoms. The van der Waals surface area contributed by atoms with Crippen LogP contribution >= 0.6 is 0 Å². The van der Waals surface area contributed by atoms with Gasteiger partial charge in [-0.25, -0.2) is 0 Å². The second-order valence-electron chi connectivity index (χ2n) is 6.18. The summed E-state index contributed by atoms with van der Waals surface area (Å²) in [5.74, 6) is -0.0514. The van der Waals surface area contributed by atoms with Crippen molar-refractivity contribution < 1.29 is 22.7 Å². The molecule has 3 N–H and O–H groups in total. The Morgan fingerprint density at radius 1 is 1.21 bits per heavy atom. The van der Waals surface area contributed by atoms with Crippen LogP contribution in [-0.2, 0) is 11.2 Å². The minimum Gasteiger partial charge on any atom is -0.406 e. The third kappa shape index (κ3) is 6.03. The number of hydrogen-bond acceptors (Lipinski definition) is 3. The molecule has 1 aromatic carbocycles. The maximum atomic E-state index is 12.2. The minimum absolute atomic E-state index is 0.0364. The first-order chi connectivity index (χ1) is 11.4. The molecule has 134 valence electrons. The zero-order valence-electron chi connectivity index (χ0n) is 13.4. The molecule has 0 heterocycles. The van der Waals surface area contributed by atoms with Gasteiger partial charge in [-0.3, -0.25) is 4.79 Å². The van der Waals surface area contributed by atoms with E-state index in [1.165, 1.54) is 30.7 Å². The Bertz CT molecular complexity index is 526. The van der Waals surface area contributed by atoms with Gasteiger partial charge in [-0.2, -0.15) is 0 Å². The Balaban J connectivity index is 1.86. The molecule has 1 amide bonds. The molecule has 4 nitrogen and oxygen atoms in total. The number of nitrogens with two attached hydrogens (primary N) is 1. The van der Waals surface area contributed by atoms with Crippen molar-refractivity contribution in [3.05, 3.63) is 29.8 Å². The molecular weight excluding hydrogens is 321 g/mol. The van der Waals surface area contributed by atoms with E-state index >= 15 is 0 Å². The highest BCUT2D eigenvalue weighted by Gasteiger charge is 2.31. The summed E-state index contributed by atoms with van der Waals surface area (Å²) in [6, 6.07) is 5.29. The summed E-state index contributed by atoms with van der Waals surface area (Å²) in [6.45, 7) is 0.398. The second-order valence-corrected chi connectivity index (χ2v) is 6.18. The van der Waals surface area contributed by atoms with Crippen LogP contribution in [0.2, 0.25) is 0 Å². The highest BCUT2D eigenvalue weighted by molar-refractivity contribution is 5.79. The number of alkyl halides is 3. The van der Waals surface area contributed by atoms with Crippen LogP contribution in [0.3, 0.4) is 0 Å². The van der Waals surface area contributed by atoms with E-state index in [1.54, 1.807) is 0 Å². The summed E-state index contributed by atoms with van der Waals surface area (Å²) >= 11 is 0. The fourth-order valence-corrected chi connectivity index (χ4v) is 3.16. The van der Waals surface area contributed by atoms with Crippen molar-refractivity contribution in [2.45, 2.75) is 50.9 Å². The lowest BCUT2D eigenvalue weighted by atomic mass is 9.84. The van der Waals surface area contributed by atoms with Crippen molar-refractivity contribution in [3.63, 3.8) is 0 Å². The van der Waals surface area contributed by atoms with Crippen LogP contribution in [-0.4, -0.2) is 24.9 Å². The number of amides is 1. The standard InChI is InChI=1S/C17H23F3N2O2/c18-17(19,20)24-14-8-6-12(7-9-14)10-16(23)22-15(11-21)13-4-2-1-3-5-13/h6-9,13,15H,1-5,10-11,21H2,(H,22,23). The van der Waals surface area contributed by atoms with Crippen molar-refractivity contribution in [1.82, 2.24) is 5.32 Å². The van der Waals surface area contributed by atoms with Gasteiger partial charge in [-0.15, -0.1) is 13.2 Å². The lowest BCUT2D eigenvalue weighted by Gasteiger charge is -2.30. The summed E-state index contributed by atoms with van der Waals surface area (Å²) in [7, 11) is 0. The van der Waals surface area contributed by atoms with Gasteiger partial charge in [0, 0.05) is 12.6 Å². The Hall–Kier alpha value is -1.76. The average Bonchev–Trinajstić information content (AvgIpc) is 2.54. The molecule has 0 bridgehead atoms. The fraction of sp³-hybridized carbons (Fsp3) is 0.588. The predicted molar refractivity (Wildman–Crippen MR) is 84.4 cm³/mol. The van der Waals surface area contributed by atoms with Crippen molar-refractivity contribution in [2.24, 2.45) is 11.7 Å². The first-order valence-electron chi connectivity index (χ1n) is 8.21. The number of halogens is 3. The molecule has 1 aromatic rings. The average molecular weight is 344 g/mol. The SMILES string of the molecule is NCC(NC(=O)Cc1ccc(OC(F)(F)F)cc1)C1CCCCC1. The Labute approximate surface area is 139 Å². The fourth-order valence-electron chi connectivity index (χ4n) is 3.16. The van der Waals surface area contributed by atoms with E-state index in [4.69, 9.17) is 5.73 Å². The molecule has 1 aliphatic carbocycles. The van der Waals surface area contributed by atoms with Gasteiger partial charge in [0.2, 0.25) is 5.91 Å². The quantitative estimate of drug-likeness (QED) is 0.833. The lowest BCUT2D eigenvalue weighted by Crippen LogP contribution is -2.46. The number of benzene rings is 1. The molecule has 1 saturated carbocycles. The van der Waals surface area contributed by atoms with Crippen LogP contribution in [0.25, 0.3) is 0 Å². The van der Waals surface area contributed by atoms with E-state index in [1.807, 2.05) is 0 Å². The molecule has 0 saturated heterocycles. The Morgan fingerprint density at radius 3 is 2.38 bits per heavy atom. The van der Waals surface area contributed by atoms with Crippen LogP contribution in [0.5, 0.6) is 5.75 Å². The third-order valence-corrected chi connectivity index (χ3v) is 4.34. The second kappa shape index (κ2) is 8.37. The maximum absolute atomic E-state index is 12.2. The van der Waals surface area contributed by atoms with Crippen molar-refractivity contribution in [2.75, 3.05) is 6.54 Å². The molecule has 1 fully saturated rings. The zero-order valence-corrected chi connectivity index (χ0v) is 13.4. The number of carbonyl (C=O) groups is 1. The van der Waals surface area contributed by atoms with Crippen molar-refractivity contribution >= 4 is 5.91 Å². The predicted octanol–water partition coefficient (Wildman–Crippen LogP) is 3.15. The van der Waals surface area contributed by atoms with Gasteiger partial charge in [0.05, 0.1) is 6.42 Å². The van der Waals surface area contributed by atoms with E-state index < -0.39 is 6.36 Å². The Morgan fingerprint density at radius 2 is 1.83 bits per heavy atom. The Kier molecular flexibility index (Phi) is 6.48. The summed E-state index contributed by atoms with van der Waals surface area (Å²) in [5, 5.41) is 2.96. The van der Waals surface area contributed by atoms with Crippen LogP contribution in [0.1, 0.15) is 37.7 Å². The zero-order chi connectivity index (χ0) is 17.6. The molecule has 0 spiro atoms. The van der Waals surface area contributed by atoms with Crippen LogP contribution in [0, 0.1) is 5.92 Å². The molecule has 0 aromatic heterocycles. The van der Waals surface area contributed by atoms with E-state index in [9.17, 15) is 18.0 Å². The first kappa shape index (κ1) is 18.6. The number of rotatable bonds is 6. The van der Waals surface area contributed by atoms with Crippen molar-refractivity contribution in [1.29, 1.82) is 0 Å².